The first kappa shape index (κ1) is 17.8. The van der Waals surface area contributed by atoms with E-state index in [0.29, 0.717) is 12.8 Å². The lowest BCUT2D eigenvalue weighted by Crippen LogP contribution is -2.42. The van der Waals surface area contributed by atoms with Gasteiger partial charge in [-0.1, -0.05) is 33.9 Å². The molecule has 0 bridgehead atoms. The summed E-state index contributed by atoms with van der Waals surface area (Å²) in [5.41, 5.74) is 2.38. The van der Waals surface area contributed by atoms with Crippen LogP contribution in [0.1, 0.15) is 24.3 Å². The molecule has 1 aliphatic carbocycles. The minimum atomic E-state index is -4.58. The summed E-state index contributed by atoms with van der Waals surface area (Å²) in [7, 11) is 0. The van der Waals surface area contributed by atoms with Gasteiger partial charge in [-0.25, -0.2) is 5.26 Å². The van der Waals surface area contributed by atoms with E-state index in [0.717, 1.165) is 6.42 Å². The fourth-order valence-electron chi connectivity index (χ4n) is 2.17. The van der Waals surface area contributed by atoms with Crippen molar-refractivity contribution in [3.05, 3.63) is 5.01 Å². The lowest BCUT2D eigenvalue weighted by molar-refractivity contribution is -0.301. The van der Waals surface area contributed by atoms with Gasteiger partial charge in [-0.15, -0.1) is 15.2 Å². The summed E-state index contributed by atoms with van der Waals surface area (Å²) in [5.74, 6) is -0.853. The molecule has 1 amide bonds. The molecule has 1 fully saturated rings. The Hall–Kier alpha value is -0.570. The quantitative estimate of drug-likeness (QED) is 0.281. The van der Waals surface area contributed by atoms with Gasteiger partial charge in [0.1, 0.15) is 0 Å². The molecule has 1 heterocycles. The predicted molar refractivity (Wildman–Crippen MR) is 79.3 cm³/mol. The third kappa shape index (κ3) is 4.47. The second kappa shape index (κ2) is 7.33. The van der Waals surface area contributed by atoms with Crippen LogP contribution >= 0.6 is 33.9 Å². The first-order chi connectivity index (χ1) is 10.3. The molecule has 3 unspecified atom stereocenters. The third-order valence-electron chi connectivity index (χ3n) is 3.22. The van der Waals surface area contributed by atoms with Gasteiger partial charge in [0, 0.05) is 9.97 Å². The number of halogens is 4. The summed E-state index contributed by atoms with van der Waals surface area (Å²) in [5, 5.41) is 15.8. The number of hydrogen-bond donors (Lipinski definition) is 3. The molecule has 124 valence electrons. The van der Waals surface area contributed by atoms with Gasteiger partial charge < -0.3 is 5.32 Å². The summed E-state index contributed by atoms with van der Waals surface area (Å²) in [6.45, 7) is 0. The van der Waals surface area contributed by atoms with Crippen molar-refractivity contribution >= 4 is 45.0 Å². The van der Waals surface area contributed by atoms with E-state index < -0.39 is 23.0 Å². The Morgan fingerprint density at radius 1 is 1.41 bits per heavy atom. The van der Waals surface area contributed by atoms with Crippen LogP contribution in [-0.4, -0.2) is 31.3 Å². The fourth-order valence-corrected chi connectivity index (χ4v) is 3.77. The van der Waals surface area contributed by atoms with Gasteiger partial charge in [0.05, 0.1) is 5.92 Å². The van der Waals surface area contributed by atoms with Gasteiger partial charge in [-0.05, 0) is 19.3 Å². The van der Waals surface area contributed by atoms with Crippen molar-refractivity contribution in [1.29, 1.82) is 0 Å². The van der Waals surface area contributed by atoms with Crippen LogP contribution in [0.2, 0.25) is 0 Å². The zero-order chi connectivity index (χ0) is 16.3. The number of alkyl halides is 4. The van der Waals surface area contributed by atoms with Gasteiger partial charge in [0.15, 0.2) is 0 Å². The summed E-state index contributed by atoms with van der Waals surface area (Å²) in [6.07, 6.45) is -2.76. The maximum atomic E-state index is 12.4. The van der Waals surface area contributed by atoms with Crippen molar-refractivity contribution in [2.45, 2.75) is 35.4 Å². The number of nitrogens with one attached hydrogen (secondary N) is 2. The topological polar surface area (TPSA) is 96.4 Å². The Balaban J connectivity index is 2.00. The average Bonchev–Trinajstić information content (AvgIpc) is 2.89. The largest absolute Gasteiger partial charge is 0.445 e. The van der Waals surface area contributed by atoms with Crippen molar-refractivity contribution < 1.29 is 28.2 Å². The number of anilines is 1. The SMILES string of the molecule is O=C(Nc1nnc(C(F)(F)F)s1)C1CC(NOO)CCC1I. The number of nitrogens with zero attached hydrogens (tertiary/aromatic N) is 2. The van der Waals surface area contributed by atoms with Crippen molar-refractivity contribution in [1.82, 2.24) is 15.7 Å². The molecule has 1 aliphatic rings. The molecule has 22 heavy (non-hydrogen) atoms. The zero-order valence-corrected chi connectivity index (χ0v) is 13.9. The zero-order valence-electron chi connectivity index (χ0n) is 10.9. The van der Waals surface area contributed by atoms with Gasteiger partial charge >= 0.3 is 6.18 Å². The number of hydrogen-bond acceptors (Lipinski definition) is 7. The Bertz CT molecular complexity index is 530. The smallest absolute Gasteiger partial charge is 0.300 e. The van der Waals surface area contributed by atoms with Crippen LogP contribution in [0.3, 0.4) is 0 Å². The molecule has 1 aromatic heterocycles. The molecule has 2 rings (SSSR count). The van der Waals surface area contributed by atoms with Crippen LogP contribution in [0.25, 0.3) is 0 Å². The summed E-state index contributed by atoms with van der Waals surface area (Å²) in [6, 6.07) is -0.202. The van der Waals surface area contributed by atoms with Crippen LogP contribution in [0.4, 0.5) is 18.3 Å². The minimum absolute atomic E-state index is 0.0318. The highest BCUT2D eigenvalue weighted by Crippen LogP contribution is 2.35. The van der Waals surface area contributed by atoms with Crippen molar-refractivity contribution in [2.75, 3.05) is 5.32 Å². The van der Waals surface area contributed by atoms with E-state index >= 15 is 0 Å². The maximum absolute atomic E-state index is 12.4. The number of hydroxylamine groups is 1. The molecule has 12 heteroatoms. The minimum Gasteiger partial charge on any atom is -0.300 e. The predicted octanol–water partition coefficient (Wildman–Crippen LogP) is 2.46. The van der Waals surface area contributed by atoms with E-state index in [1.807, 2.05) is 0 Å². The standard InChI is InChI=1S/C10H12F3IN4O3S/c11-10(12,13)8-16-17-9(22-8)15-7(19)5-3-4(18-21-20)1-2-6(5)14/h4-6,18,20H,1-3H2,(H,15,17,19). The highest BCUT2D eigenvalue weighted by Gasteiger charge is 2.37. The Morgan fingerprint density at radius 3 is 2.73 bits per heavy atom. The molecule has 0 aliphatic heterocycles. The van der Waals surface area contributed by atoms with Crippen LogP contribution in [0, 0.1) is 5.92 Å². The second-order valence-corrected chi connectivity index (χ2v) is 7.32. The second-order valence-electron chi connectivity index (χ2n) is 4.74. The molecular formula is C10H12F3IN4O3S. The van der Waals surface area contributed by atoms with Gasteiger partial charge in [0.2, 0.25) is 16.0 Å². The molecule has 1 aromatic rings. The number of rotatable bonds is 4. The maximum Gasteiger partial charge on any atom is 0.445 e. The first-order valence-electron chi connectivity index (χ1n) is 6.23. The molecule has 0 radical (unpaired) electrons. The lowest BCUT2D eigenvalue weighted by Gasteiger charge is -2.31. The Morgan fingerprint density at radius 2 is 2.14 bits per heavy atom. The van der Waals surface area contributed by atoms with E-state index in [-0.39, 0.29) is 26.4 Å². The Labute approximate surface area is 140 Å². The van der Waals surface area contributed by atoms with Crippen molar-refractivity contribution in [3.8, 4) is 0 Å². The molecule has 0 spiro atoms. The van der Waals surface area contributed by atoms with Crippen LogP contribution in [-0.2, 0) is 16.0 Å². The average molecular weight is 452 g/mol. The molecule has 3 atom stereocenters. The number of aromatic nitrogens is 2. The molecular weight excluding hydrogens is 440 g/mol. The van der Waals surface area contributed by atoms with E-state index in [2.05, 4.69) is 48.6 Å². The molecule has 1 saturated carbocycles. The van der Waals surface area contributed by atoms with Gasteiger partial charge in [0.25, 0.3) is 0 Å². The van der Waals surface area contributed by atoms with Crippen LogP contribution in [0.15, 0.2) is 0 Å². The van der Waals surface area contributed by atoms with Gasteiger partial charge in [-0.2, -0.15) is 18.7 Å². The Kier molecular flexibility index (Phi) is 5.93. The van der Waals surface area contributed by atoms with Crippen molar-refractivity contribution in [2.24, 2.45) is 5.92 Å². The summed E-state index contributed by atoms with van der Waals surface area (Å²) < 4.78 is 37.4. The number of amides is 1. The van der Waals surface area contributed by atoms with Crippen LogP contribution < -0.4 is 10.8 Å². The normalized spacial score (nSPS) is 26.0. The number of carbonyl (C=O) groups excluding carboxylic acids is 1. The van der Waals surface area contributed by atoms with E-state index in [9.17, 15) is 18.0 Å². The van der Waals surface area contributed by atoms with E-state index in [4.69, 9.17) is 5.26 Å². The highest BCUT2D eigenvalue weighted by molar-refractivity contribution is 14.1. The molecule has 3 N–H and O–H groups in total. The van der Waals surface area contributed by atoms with Crippen LogP contribution in [0.5, 0.6) is 0 Å². The third-order valence-corrected chi connectivity index (χ3v) is 5.59. The number of carbonyl (C=O) groups is 1. The summed E-state index contributed by atoms with van der Waals surface area (Å²) in [4.78, 5) is 16.1. The fraction of sp³-hybridized carbons (Fsp3) is 0.700. The van der Waals surface area contributed by atoms with Crippen molar-refractivity contribution in [3.63, 3.8) is 0 Å². The monoisotopic (exact) mass is 452 g/mol. The van der Waals surface area contributed by atoms with E-state index in [1.165, 1.54) is 0 Å². The highest BCUT2D eigenvalue weighted by atomic mass is 127. The van der Waals surface area contributed by atoms with Gasteiger partial charge in [-0.3, -0.25) is 4.79 Å². The molecule has 7 nitrogen and oxygen atoms in total. The molecule has 0 aromatic carbocycles. The van der Waals surface area contributed by atoms with E-state index in [1.54, 1.807) is 0 Å². The first-order valence-corrected chi connectivity index (χ1v) is 8.29. The molecule has 0 saturated heterocycles. The summed E-state index contributed by atoms with van der Waals surface area (Å²) >= 11 is 2.41. The lowest BCUT2D eigenvalue weighted by atomic mass is 9.85.